The quantitative estimate of drug-likeness (QED) is 0.706. The van der Waals surface area contributed by atoms with Gasteiger partial charge in [-0.1, -0.05) is 30.3 Å². The van der Waals surface area contributed by atoms with E-state index in [1.807, 2.05) is 36.6 Å². The van der Waals surface area contributed by atoms with Crippen LogP contribution >= 0.6 is 11.8 Å². The predicted octanol–water partition coefficient (Wildman–Crippen LogP) is 2.53. The molecule has 0 bridgehead atoms. The number of hydrogen-bond acceptors (Lipinski definition) is 4. The van der Waals surface area contributed by atoms with Gasteiger partial charge in [-0.05, 0) is 43.4 Å². The molecule has 0 radical (unpaired) electrons. The first-order valence-electron chi connectivity index (χ1n) is 8.90. The SMILES string of the molecule is CSC(C(=O)NC1CC(N(CC(=O)O)CC2CC2)C1)c1ccccc1. The summed E-state index contributed by atoms with van der Waals surface area (Å²) in [7, 11) is 0. The van der Waals surface area contributed by atoms with Crippen LogP contribution < -0.4 is 5.32 Å². The maximum Gasteiger partial charge on any atom is 0.317 e. The third-order valence-electron chi connectivity index (χ3n) is 5.08. The fourth-order valence-electron chi connectivity index (χ4n) is 3.45. The van der Waals surface area contributed by atoms with Crippen molar-refractivity contribution in [1.82, 2.24) is 10.2 Å². The fourth-order valence-corrected chi connectivity index (χ4v) is 4.16. The van der Waals surface area contributed by atoms with E-state index >= 15 is 0 Å². The number of rotatable bonds is 9. The minimum absolute atomic E-state index is 0.0501. The van der Waals surface area contributed by atoms with Gasteiger partial charge in [0.15, 0.2) is 0 Å². The molecule has 136 valence electrons. The summed E-state index contributed by atoms with van der Waals surface area (Å²) >= 11 is 1.54. The monoisotopic (exact) mass is 362 g/mol. The minimum atomic E-state index is -0.764. The molecule has 1 aromatic carbocycles. The number of benzene rings is 1. The van der Waals surface area contributed by atoms with E-state index in [9.17, 15) is 9.59 Å². The molecule has 2 aliphatic rings. The minimum Gasteiger partial charge on any atom is -0.480 e. The summed E-state index contributed by atoms with van der Waals surface area (Å²) in [5.74, 6) is -0.0410. The Morgan fingerprint density at radius 3 is 2.52 bits per heavy atom. The molecule has 2 aliphatic carbocycles. The summed E-state index contributed by atoms with van der Waals surface area (Å²) in [6, 6.07) is 10.3. The lowest BCUT2D eigenvalue weighted by Crippen LogP contribution is -2.55. The second-order valence-corrected chi connectivity index (χ2v) is 8.07. The van der Waals surface area contributed by atoms with E-state index < -0.39 is 5.97 Å². The van der Waals surface area contributed by atoms with Crippen LogP contribution in [0.5, 0.6) is 0 Å². The number of amides is 1. The lowest BCUT2D eigenvalue weighted by Gasteiger charge is -2.43. The highest BCUT2D eigenvalue weighted by Gasteiger charge is 2.38. The van der Waals surface area contributed by atoms with Crippen LogP contribution in [-0.2, 0) is 9.59 Å². The summed E-state index contributed by atoms with van der Waals surface area (Å²) in [6.45, 7) is 0.994. The Bertz CT molecular complexity index is 600. The highest BCUT2D eigenvalue weighted by Crippen LogP contribution is 2.34. The molecule has 1 aromatic rings. The van der Waals surface area contributed by atoms with Crippen LogP contribution in [0.15, 0.2) is 30.3 Å². The molecule has 0 saturated heterocycles. The Labute approximate surface area is 153 Å². The Balaban J connectivity index is 1.49. The largest absolute Gasteiger partial charge is 0.480 e. The molecule has 2 saturated carbocycles. The lowest BCUT2D eigenvalue weighted by molar-refractivity contribution is -0.140. The van der Waals surface area contributed by atoms with Gasteiger partial charge in [0, 0.05) is 18.6 Å². The average Bonchev–Trinajstić information content (AvgIpc) is 3.35. The second-order valence-electron chi connectivity index (χ2n) is 7.12. The molecule has 1 atom stereocenters. The highest BCUT2D eigenvalue weighted by atomic mass is 32.2. The van der Waals surface area contributed by atoms with Gasteiger partial charge < -0.3 is 10.4 Å². The van der Waals surface area contributed by atoms with Gasteiger partial charge >= 0.3 is 5.97 Å². The van der Waals surface area contributed by atoms with E-state index in [4.69, 9.17) is 5.11 Å². The summed E-state index contributed by atoms with van der Waals surface area (Å²) < 4.78 is 0. The van der Waals surface area contributed by atoms with Crippen LogP contribution in [0.25, 0.3) is 0 Å². The molecular weight excluding hydrogens is 336 g/mol. The normalized spacial score (nSPS) is 23.8. The molecule has 0 spiro atoms. The van der Waals surface area contributed by atoms with Crippen molar-refractivity contribution < 1.29 is 14.7 Å². The molecule has 1 amide bonds. The van der Waals surface area contributed by atoms with E-state index in [1.54, 1.807) is 0 Å². The van der Waals surface area contributed by atoms with Crippen molar-refractivity contribution >= 4 is 23.6 Å². The van der Waals surface area contributed by atoms with Gasteiger partial charge in [0.1, 0.15) is 5.25 Å². The summed E-state index contributed by atoms with van der Waals surface area (Å²) in [6.07, 6.45) is 6.08. The smallest absolute Gasteiger partial charge is 0.317 e. The topological polar surface area (TPSA) is 69.6 Å². The third kappa shape index (κ3) is 4.98. The number of hydrogen-bond donors (Lipinski definition) is 2. The van der Waals surface area contributed by atoms with E-state index in [0.29, 0.717) is 5.92 Å². The van der Waals surface area contributed by atoms with E-state index in [-0.39, 0.29) is 29.8 Å². The Hall–Kier alpha value is -1.53. The predicted molar refractivity (Wildman–Crippen MR) is 99.6 cm³/mol. The Morgan fingerprint density at radius 1 is 1.28 bits per heavy atom. The van der Waals surface area contributed by atoms with Crippen molar-refractivity contribution in [2.45, 2.75) is 43.0 Å². The molecule has 25 heavy (non-hydrogen) atoms. The Kier molecular flexibility index (Phi) is 6.02. The number of carbonyl (C=O) groups excluding carboxylic acids is 1. The zero-order chi connectivity index (χ0) is 17.8. The van der Waals surface area contributed by atoms with Crippen LogP contribution in [0.3, 0.4) is 0 Å². The maximum absolute atomic E-state index is 12.6. The molecular formula is C19H26N2O3S. The number of nitrogens with zero attached hydrogens (tertiary/aromatic N) is 1. The zero-order valence-electron chi connectivity index (χ0n) is 14.6. The van der Waals surface area contributed by atoms with Crippen molar-refractivity contribution in [2.75, 3.05) is 19.3 Å². The highest BCUT2D eigenvalue weighted by molar-refractivity contribution is 7.99. The molecule has 0 aromatic heterocycles. The third-order valence-corrected chi connectivity index (χ3v) is 6.04. The first kappa shape index (κ1) is 18.3. The molecule has 5 nitrogen and oxygen atoms in total. The number of carbonyl (C=O) groups is 2. The fraction of sp³-hybridized carbons (Fsp3) is 0.579. The maximum atomic E-state index is 12.6. The molecule has 1 unspecified atom stereocenters. The van der Waals surface area contributed by atoms with Crippen LogP contribution in [-0.4, -0.2) is 53.3 Å². The van der Waals surface area contributed by atoms with Crippen molar-refractivity contribution in [3.05, 3.63) is 35.9 Å². The molecule has 2 N–H and O–H groups in total. The van der Waals surface area contributed by atoms with Crippen molar-refractivity contribution in [3.8, 4) is 0 Å². The van der Waals surface area contributed by atoms with Crippen LogP contribution in [0.1, 0.15) is 36.5 Å². The molecule has 2 fully saturated rings. The number of thioether (sulfide) groups is 1. The lowest BCUT2D eigenvalue weighted by atomic mass is 9.85. The molecule has 6 heteroatoms. The van der Waals surface area contributed by atoms with Gasteiger partial charge in [-0.2, -0.15) is 0 Å². The van der Waals surface area contributed by atoms with Gasteiger partial charge in [0.2, 0.25) is 5.91 Å². The first-order valence-corrected chi connectivity index (χ1v) is 10.2. The first-order chi connectivity index (χ1) is 12.1. The van der Waals surface area contributed by atoms with Crippen LogP contribution in [0.2, 0.25) is 0 Å². The van der Waals surface area contributed by atoms with Gasteiger partial charge in [-0.25, -0.2) is 0 Å². The average molecular weight is 362 g/mol. The van der Waals surface area contributed by atoms with Gasteiger partial charge in [-0.3, -0.25) is 14.5 Å². The summed E-state index contributed by atoms with van der Waals surface area (Å²) in [4.78, 5) is 25.8. The van der Waals surface area contributed by atoms with Crippen LogP contribution in [0, 0.1) is 5.92 Å². The van der Waals surface area contributed by atoms with E-state index in [1.165, 1.54) is 24.6 Å². The number of carboxylic acid groups (broad SMARTS) is 1. The Morgan fingerprint density at radius 2 is 1.96 bits per heavy atom. The van der Waals surface area contributed by atoms with Crippen molar-refractivity contribution in [2.24, 2.45) is 5.92 Å². The summed E-state index contributed by atoms with van der Waals surface area (Å²) in [5.41, 5.74) is 1.02. The van der Waals surface area contributed by atoms with E-state index in [2.05, 4.69) is 10.2 Å². The zero-order valence-corrected chi connectivity index (χ0v) is 15.4. The van der Waals surface area contributed by atoms with Gasteiger partial charge in [0.25, 0.3) is 0 Å². The molecule has 0 heterocycles. The second kappa shape index (κ2) is 8.23. The standard InChI is InChI=1S/C19H26N2O3S/c1-25-18(14-5-3-2-4-6-14)19(24)20-15-9-16(10-15)21(12-17(22)23)11-13-7-8-13/h2-6,13,15-16,18H,7-12H2,1H3,(H,20,24)(H,22,23). The van der Waals surface area contributed by atoms with E-state index in [0.717, 1.165) is 24.9 Å². The summed E-state index contributed by atoms with van der Waals surface area (Å²) in [5, 5.41) is 12.1. The van der Waals surface area contributed by atoms with Crippen molar-refractivity contribution in [3.63, 3.8) is 0 Å². The van der Waals surface area contributed by atoms with Crippen LogP contribution in [0.4, 0.5) is 0 Å². The van der Waals surface area contributed by atoms with Gasteiger partial charge in [-0.15, -0.1) is 11.8 Å². The molecule has 0 aliphatic heterocycles. The number of nitrogens with one attached hydrogen (secondary N) is 1. The number of carboxylic acids is 1. The molecule has 3 rings (SSSR count). The van der Waals surface area contributed by atoms with Gasteiger partial charge in [0.05, 0.1) is 6.54 Å². The van der Waals surface area contributed by atoms with Crippen molar-refractivity contribution in [1.29, 1.82) is 0 Å². The number of aliphatic carboxylic acids is 1.